The van der Waals surface area contributed by atoms with Gasteiger partial charge in [0.2, 0.25) is 5.91 Å². The van der Waals surface area contributed by atoms with Gasteiger partial charge < -0.3 is 20.7 Å². The van der Waals surface area contributed by atoms with Gasteiger partial charge in [-0.1, -0.05) is 59.8 Å². The average Bonchev–Trinajstić information content (AvgIpc) is 2.93. The van der Waals surface area contributed by atoms with Gasteiger partial charge in [0, 0.05) is 27.7 Å². The first-order chi connectivity index (χ1) is 18.9. The molecular weight excluding hydrogens is 532 g/mol. The fourth-order valence-corrected chi connectivity index (χ4v) is 5.34. The van der Waals surface area contributed by atoms with Gasteiger partial charge >= 0.3 is 0 Å². The van der Waals surface area contributed by atoms with Crippen LogP contribution in [0.25, 0.3) is 0 Å². The predicted octanol–water partition coefficient (Wildman–Crippen LogP) is 6.45. The number of allylic oxidation sites excluding steroid dienone is 2. The van der Waals surface area contributed by atoms with Gasteiger partial charge in [0.25, 0.3) is 5.91 Å². The molecule has 1 aliphatic heterocycles. The van der Waals surface area contributed by atoms with Crippen molar-refractivity contribution in [3.8, 4) is 11.8 Å². The summed E-state index contributed by atoms with van der Waals surface area (Å²) in [4.78, 5) is 26.2. The van der Waals surface area contributed by atoms with Gasteiger partial charge in [-0.25, -0.2) is 0 Å². The molecule has 0 saturated carbocycles. The maximum absolute atomic E-state index is 13.5. The Morgan fingerprint density at radius 2 is 1.67 bits per heavy atom. The normalized spacial score (nSPS) is 14.8. The third-order valence-electron chi connectivity index (χ3n) is 5.94. The number of halogens is 1. The molecule has 3 aromatic carbocycles. The summed E-state index contributed by atoms with van der Waals surface area (Å²) in [6, 6.07) is 25.6. The number of hydrogen-bond acceptors (Lipinski definition) is 6. The van der Waals surface area contributed by atoms with Gasteiger partial charge in [0.15, 0.2) is 0 Å². The predicted molar refractivity (Wildman–Crippen MR) is 156 cm³/mol. The number of benzene rings is 3. The second kappa shape index (κ2) is 13.1. The zero-order chi connectivity index (χ0) is 27.8. The van der Waals surface area contributed by atoms with E-state index in [2.05, 4.69) is 22.0 Å². The Balaban J connectivity index is 1.59. The fourth-order valence-electron chi connectivity index (χ4n) is 4.20. The van der Waals surface area contributed by atoms with Crippen LogP contribution in [0.2, 0.25) is 5.02 Å². The lowest BCUT2D eigenvalue weighted by Gasteiger charge is -2.30. The molecule has 0 aromatic heterocycles. The molecular formula is C30H27ClN4O3S. The second-order valence-electron chi connectivity index (χ2n) is 8.59. The van der Waals surface area contributed by atoms with E-state index in [1.807, 2.05) is 31.2 Å². The number of carbonyl (C=O) groups excluding carboxylic acids is 2. The van der Waals surface area contributed by atoms with Crippen molar-refractivity contribution in [3.63, 3.8) is 0 Å². The zero-order valence-electron chi connectivity index (χ0n) is 21.5. The first-order valence-corrected chi connectivity index (χ1v) is 13.7. The Hall–Kier alpha value is -4.19. The van der Waals surface area contributed by atoms with Gasteiger partial charge in [-0.3, -0.25) is 9.59 Å². The molecule has 39 heavy (non-hydrogen) atoms. The number of anilines is 2. The summed E-state index contributed by atoms with van der Waals surface area (Å²) < 4.78 is 5.44. The number of ether oxygens (including phenoxy) is 1. The molecule has 1 atom stereocenters. The van der Waals surface area contributed by atoms with E-state index >= 15 is 0 Å². The molecule has 0 aliphatic carbocycles. The summed E-state index contributed by atoms with van der Waals surface area (Å²) in [6.07, 6.45) is 0. The van der Waals surface area contributed by atoms with E-state index in [4.69, 9.17) is 16.3 Å². The van der Waals surface area contributed by atoms with Crippen LogP contribution in [0.5, 0.6) is 5.75 Å². The fraction of sp³-hybridized carbons (Fsp3) is 0.167. The van der Waals surface area contributed by atoms with Crippen LogP contribution in [-0.4, -0.2) is 24.2 Å². The SMILES string of the molecule is CCOc1ccc(NC(=O)CSC2=C(C#N)[C@H](c3ccccc3Cl)C(C(=O)Nc3ccccc3)=C(C)N2)cc1. The molecule has 2 amide bonds. The highest BCUT2D eigenvalue weighted by molar-refractivity contribution is 8.03. The minimum absolute atomic E-state index is 0.0504. The summed E-state index contributed by atoms with van der Waals surface area (Å²) in [6.45, 7) is 4.24. The third kappa shape index (κ3) is 6.82. The lowest BCUT2D eigenvalue weighted by molar-refractivity contribution is -0.114. The molecule has 7 nitrogen and oxygen atoms in total. The molecule has 1 aliphatic rings. The van der Waals surface area contributed by atoms with Gasteiger partial charge in [-0.05, 0) is 61.9 Å². The van der Waals surface area contributed by atoms with Crippen LogP contribution < -0.4 is 20.7 Å². The molecule has 0 unspecified atom stereocenters. The third-order valence-corrected chi connectivity index (χ3v) is 7.30. The number of para-hydroxylation sites is 1. The Morgan fingerprint density at radius 1 is 1.00 bits per heavy atom. The van der Waals surface area contributed by atoms with Gasteiger partial charge in [0.1, 0.15) is 5.75 Å². The van der Waals surface area contributed by atoms with Crippen LogP contribution in [0.3, 0.4) is 0 Å². The number of thioether (sulfide) groups is 1. The second-order valence-corrected chi connectivity index (χ2v) is 9.98. The highest BCUT2D eigenvalue weighted by atomic mass is 35.5. The summed E-state index contributed by atoms with van der Waals surface area (Å²) in [7, 11) is 0. The van der Waals surface area contributed by atoms with E-state index in [0.717, 1.165) is 5.75 Å². The number of rotatable bonds is 9. The largest absolute Gasteiger partial charge is 0.494 e. The number of dihydropyridines is 1. The first kappa shape index (κ1) is 27.8. The molecule has 1 heterocycles. The Kier molecular flexibility index (Phi) is 9.31. The molecule has 0 saturated heterocycles. The van der Waals surface area contributed by atoms with Crippen LogP contribution in [0.4, 0.5) is 11.4 Å². The summed E-state index contributed by atoms with van der Waals surface area (Å²) >= 11 is 7.76. The Labute approximate surface area is 236 Å². The number of nitriles is 1. The molecule has 0 radical (unpaired) electrons. The molecule has 4 rings (SSSR count). The monoisotopic (exact) mass is 558 g/mol. The smallest absolute Gasteiger partial charge is 0.254 e. The van der Waals surface area contributed by atoms with Crippen molar-refractivity contribution >= 4 is 46.6 Å². The van der Waals surface area contributed by atoms with Gasteiger partial charge in [-0.2, -0.15) is 5.26 Å². The van der Waals surface area contributed by atoms with Crippen molar-refractivity contribution in [1.82, 2.24) is 5.32 Å². The van der Waals surface area contributed by atoms with E-state index in [9.17, 15) is 14.9 Å². The molecule has 3 aromatic rings. The molecule has 198 valence electrons. The lowest BCUT2D eigenvalue weighted by Crippen LogP contribution is -2.31. The van der Waals surface area contributed by atoms with Crippen molar-refractivity contribution in [3.05, 3.63) is 111 Å². The topological polar surface area (TPSA) is 103 Å². The molecule has 3 N–H and O–H groups in total. The zero-order valence-corrected chi connectivity index (χ0v) is 23.0. The van der Waals surface area contributed by atoms with Crippen LogP contribution >= 0.6 is 23.4 Å². The number of nitrogens with one attached hydrogen (secondary N) is 3. The van der Waals surface area contributed by atoms with E-state index in [1.165, 1.54) is 11.8 Å². The van der Waals surface area contributed by atoms with E-state index in [-0.39, 0.29) is 17.6 Å². The first-order valence-electron chi connectivity index (χ1n) is 12.3. The summed E-state index contributed by atoms with van der Waals surface area (Å²) in [5.41, 5.74) is 3.17. The number of carbonyl (C=O) groups is 2. The van der Waals surface area contributed by atoms with Crippen molar-refractivity contribution in [2.24, 2.45) is 0 Å². The highest BCUT2D eigenvalue weighted by Crippen LogP contribution is 2.43. The number of nitrogens with zero attached hydrogens (tertiary/aromatic N) is 1. The Morgan fingerprint density at radius 3 is 2.33 bits per heavy atom. The van der Waals surface area contributed by atoms with Crippen LogP contribution in [-0.2, 0) is 9.59 Å². The summed E-state index contributed by atoms with van der Waals surface area (Å²) in [5, 5.41) is 20.2. The minimum atomic E-state index is -0.717. The Bertz CT molecular complexity index is 1460. The standard InChI is InChI=1S/C30H27ClN4O3S/c1-3-38-22-15-13-21(14-16-22)34-26(36)18-39-30-24(17-32)28(23-11-7-8-12-25(23)31)27(19(2)33-30)29(37)35-20-9-5-4-6-10-20/h4-16,28,33H,3,18H2,1-2H3,(H,34,36)(H,35,37)/t28-/m0/s1. The van der Waals surface area contributed by atoms with Gasteiger partial charge in [-0.15, -0.1) is 0 Å². The van der Waals surface area contributed by atoms with Crippen LogP contribution in [0.15, 0.2) is 101 Å². The van der Waals surface area contributed by atoms with Gasteiger partial charge in [0.05, 0.1) is 34.9 Å². The minimum Gasteiger partial charge on any atom is -0.494 e. The van der Waals surface area contributed by atoms with Crippen molar-refractivity contribution in [1.29, 1.82) is 5.26 Å². The maximum atomic E-state index is 13.5. The maximum Gasteiger partial charge on any atom is 0.254 e. The molecule has 0 spiro atoms. The molecule has 0 fully saturated rings. The van der Waals surface area contributed by atoms with Crippen molar-refractivity contribution < 1.29 is 14.3 Å². The van der Waals surface area contributed by atoms with E-state index in [1.54, 1.807) is 61.5 Å². The van der Waals surface area contributed by atoms with E-state index < -0.39 is 5.92 Å². The van der Waals surface area contributed by atoms with Crippen molar-refractivity contribution in [2.75, 3.05) is 23.0 Å². The highest BCUT2D eigenvalue weighted by Gasteiger charge is 2.36. The van der Waals surface area contributed by atoms with Crippen LogP contribution in [0, 0.1) is 11.3 Å². The molecule has 0 bridgehead atoms. The van der Waals surface area contributed by atoms with Crippen molar-refractivity contribution in [2.45, 2.75) is 19.8 Å². The number of hydrogen-bond donors (Lipinski definition) is 3. The van der Waals surface area contributed by atoms with E-state index in [0.29, 0.717) is 50.4 Å². The molecule has 9 heteroatoms. The summed E-state index contributed by atoms with van der Waals surface area (Å²) in [5.74, 6) is -0.528. The quantitative estimate of drug-likeness (QED) is 0.279. The number of amides is 2. The lowest BCUT2D eigenvalue weighted by atomic mass is 9.82. The average molecular weight is 559 g/mol. The van der Waals surface area contributed by atoms with Crippen LogP contribution in [0.1, 0.15) is 25.3 Å².